The fourth-order valence-electron chi connectivity index (χ4n) is 4.95. The topological polar surface area (TPSA) is 67.9 Å². The molecule has 1 atom stereocenters. The molecule has 3 aromatic rings. The fraction of sp³-hybridized carbons (Fsp3) is 0.394. The Morgan fingerprint density at radius 1 is 1.02 bits per heavy atom. The highest BCUT2D eigenvalue weighted by atomic mass is 32.2. The van der Waals surface area contributed by atoms with Crippen LogP contribution in [-0.4, -0.2) is 44.1 Å². The van der Waals surface area contributed by atoms with Crippen molar-refractivity contribution in [3.63, 3.8) is 0 Å². The number of hydrogen-bond donors (Lipinski definition) is 1. The molecule has 1 aliphatic heterocycles. The number of methoxy groups -OCH3 is 1. The number of nitrogens with one attached hydrogen (secondary N) is 1. The second-order valence-electron chi connectivity index (χ2n) is 10.5. The smallest absolute Gasteiger partial charge is 0.416 e. The zero-order chi connectivity index (χ0) is 30.8. The molecule has 3 aromatic carbocycles. The fourth-order valence-corrected chi connectivity index (χ4v) is 5.95. The number of rotatable bonds is 12. The van der Waals surface area contributed by atoms with E-state index < -0.39 is 29.8 Å². The molecule has 0 radical (unpaired) electrons. The number of nitrogens with zero attached hydrogens (tertiary/aromatic N) is 1. The Bertz CT molecular complexity index is 1380. The van der Waals surface area contributed by atoms with Gasteiger partial charge in [0.05, 0.1) is 19.3 Å². The third kappa shape index (κ3) is 9.16. The Hall–Kier alpha value is -3.66. The Kier molecular flexibility index (Phi) is 11.4. The van der Waals surface area contributed by atoms with Gasteiger partial charge in [-0.2, -0.15) is 24.9 Å². The Morgan fingerprint density at radius 2 is 1.81 bits per heavy atom. The Labute approximate surface area is 254 Å². The van der Waals surface area contributed by atoms with Gasteiger partial charge in [-0.25, -0.2) is 9.59 Å². The van der Waals surface area contributed by atoms with E-state index in [9.17, 15) is 22.8 Å². The van der Waals surface area contributed by atoms with Crippen molar-refractivity contribution in [3.8, 4) is 11.1 Å². The third-order valence-electron chi connectivity index (χ3n) is 7.28. The van der Waals surface area contributed by atoms with Crippen LogP contribution >= 0.6 is 11.8 Å². The van der Waals surface area contributed by atoms with Gasteiger partial charge in [0.2, 0.25) is 0 Å². The molecule has 1 N–H and O–H groups in total. The Balaban J connectivity index is 1.36. The van der Waals surface area contributed by atoms with Crippen LogP contribution in [0.2, 0.25) is 0 Å². The highest BCUT2D eigenvalue weighted by molar-refractivity contribution is 7.98. The molecule has 230 valence electrons. The first-order chi connectivity index (χ1) is 20.7. The lowest BCUT2D eigenvalue weighted by Crippen LogP contribution is -2.43. The summed E-state index contributed by atoms with van der Waals surface area (Å²) in [4.78, 5) is 26.2. The summed E-state index contributed by atoms with van der Waals surface area (Å²) in [6.07, 6.45) is -1.67. The number of halogens is 3. The number of anilines is 1. The van der Waals surface area contributed by atoms with Gasteiger partial charge in [0.15, 0.2) is 0 Å². The van der Waals surface area contributed by atoms with E-state index in [-0.39, 0.29) is 0 Å². The lowest BCUT2D eigenvalue weighted by Gasteiger charge is -2.32. The quantitative estimate of drug-likeness (QED) is 0.167. The van der Waals surface area contributed by atoms with Crippen molar-refractivity contribution in [1.82, 2.24) is 5.32 Å². The summed E-state index contributed by atoms with van der Waals surface area (Å²) in [5.74, 6) is 0.446. The molecule has 6 nitrogen and oxygen atoms in total. The molecule has 1 aliphatic rings. The molecule has 0 saturated carbocycles. The molecule has 1 unspecified atom stereocenters. The standard InChI is InChI=1S/C33H37F3N2O4S/c1-3-4-17-42-32(40)37-29(31(39)41-2)22-43-21-23-10-12-25(13-11-23)27-8-5-7-24(18-27)20-38-16-6-9-26-14-15-28(19-30(26)38)33(34,35)36/h5,7-8,10-15,18-19,29H,3-4,6,9,16-17,20-22H2,1-2H3,(H,37,40). The Morgan fingerprint density at radius 3 is 2.53 bits per heavy atom. The van der Waals surface area contributed by atoms with Crippen LogP contribution in [0.1, 0.15) is 48.4 Å². The van der Waals surface area contributed by atoms with Crippen molar-refractivity contribution in [3.05, 3.63) is 89.0 Å². The van der Waals surface area contributed by atoms with Crippen molar-refractivity contribution in [2.24, 2.45) is 0 Å². The average Bonchev–Trinajstić information content (AvgIpc) is 3.00. The number of carbonyl (C=O) groups is 2. The van der Waals surface area contributed by atoms with E-state index in [0.29, 0.717) is 36.9 Å². The minimum atomic E-state index is -4.37. The number of ether oxygens (including phenoxy) is 2. The molecule has 1 heterocycles. The normalized spacial score (nSPS) is 13.7. The first-order valence-corrected chi connectivity index (χ1v) is 15.6. The number of esters is 1. The molecule has 0 bridgehead atoms. The van der Waals surface area contributed by atoms with Gasteiger partial charge < -0.3 is 19.7 Å². The molecule has 43 heavy (non-hydrogen) atoms. The molecule has 1 amide bonds. The van der Waals surface area contributed by atoms with Crippen LogP contribution in [0.4, 0.5) is 23.7 Å². The zero-order valence-electron chi connectivity index (χ0n) is 24.4. The van der Waals surface area contributed by atoms with Crippen molar-refractivity contribution in [2.75, 3.05) is 30.9 Å². The van der Waals surface area contributed by atoms with Gasteiger partial charge in [-0.15, -0.1) is 0 Å². The number of alkyl carbamates (subject to hydrolysis) is 1. The second kappa shape index (κ2) is 15.2. The average molecular weight is 615 g/mol. The van der Waals surface area contributed by atoms with Crippen LogP contribution < -0.4 is 10.2 Å². The summed E-state index contributed by atoms with van der Waals surface area (Å²) in [6.45, 7) is 3.53. The molecule has 0 aliphatic carbocycles. The summed E-state index contributed by atoms with van der Waals surface area (Å²) >= 11 is 1.50. The highest BCUT2D eigenvalue weighted by Gasteiger charge is 2.32. The van der Waals surface area contributed by atoms with Crippen molar-refractivity contribution >= 4 is 29.5 Å². The van der Waals surface area contributed by atoms with E-state index >= 15 is 0 Å². The lowest BCUT2D eigenvalue weighted by atomic mass is 9.98. The van der Waals surface area contributed by atoms with Crippen LogP contribution in [0.5, 0.6) is 0 Å². The highest BCUT2D eigenvalue weighted by Crippen LogP contribution is 2.36. The predicted molar refractivity (Wildman–Crippen MR) is 164 cm³/mol. The minimum absolute atomic E-state index is 0.299. The van der Waals surface area contributed by atoms with Crippen LogP contribution in [0, 0.1) is 0 Å². The van der Waals surface area contributed by atoms with Gasteiger partial charge in [0.1, 0.15) is 6.04 Å². The lowest BCUT2D eigenvalue weighted by molar-refractivity contribution is -0.142. The summed E-state index contributed by atoms with van der Waals surface area (Å²) in [7, 11) is 1.28. The second-order valence-corrected chi connectivity index (χ2v) is 11.5. The van der Waals surface area contributed by atoms with Gasteiger partial charge in [-0.1, -0.05) is 61.9 Å². The number of aryl methyl sites for hydroxylation is 1. The zero-order valence-corrected chi connectivity index (χ0v) is 25.2. The SMILES string of the molecule is CCCCOC(=O)NC(CSCc1ccc(-c2cccc(CN3CCCc4ccc(C(F)(F)F)cc43)c2)cc1)C(=O)OC. The van der Waals surface area contributed by atoms with Crippen LogP contribution in [-0.2, 0) is 39.2 Å². The van der Waals surface area contributed by atoms with Gasteiger partial charge in [-0.05, 0) is 65.3 Å². The van der Waals surface area contributed by atoms with Crippen molar-refractivity contribution in [1.29, 1.82) is 0 Å². The van der Waals surface area contributed by atoms with Gasteiger partial charge in [0, 0.05) is 30.3 Å². The minimum Gasteiger partial charge on any atom is -0.467 e. The first-order valence-electron chi connectivity index (χ1n) is 14.4. The maximum atomic E-state index is 13.4. The number of unbranched alkanes of at least 4 members (excludes halogenated alkanes) is 1. The molecule has 4 rings (SSSR count). The van der Waals surface area contributed by atoms with E-state index in [4.69, 9.17) is 9.47 Å². The van der Waals surface area contributed by atoms with E-state index in [1.165, 1.54) is 31.0 Å². The first kappa shape index (κ1) is 32.3. The summed E-state index contributed by atoms with van der Waals surface area (Å²) in [5, 5.41) is 2.58. The maximum Gasteiger partial charge on any atom is 0.416 e. The predicted octanol–water partition coefficient (Wildman–Crippen LogP) is 7.63. The number of alkyl halides is 3. The molecule has 0 saturated heterocycles. The number of hydrogen-bond acceptors (Lipinski definition) is 6. The summed E-state index contributed by atoms with van der Waals surface area (Å²) in [6, 6.07) is 19.4. The number of carbonyl (C=O) groups excluding carboxylic acids is 2. The van der Waals surface area contributed by atoms with Gasteiger partial charge in [-0.3, -0.25) is 0 Å². The molecule has 0 aromatic heterocycles. The molecular formula is C33H37F3N2O4S. The molecule has 0 fully saturated rings. The third-order valence-corrected chi connectivity index (χ3v) is 8.38. The van der Waals surface area contributed by atoms with E-state index in [1.54, 1.807) is 6.07 Å². The number of benzene rings is 3. The van der Waals surface area contributed by atoms with E-state index in [0.717, 1.165) is 53.5 Å². The molecular weight excluding hydrogens is 577 g/mol. The van der Waals surface area contributed by atoms with E-state index in [2.05, 4.69) is 11.4 Å². The molecule has 10 heteroatoms. The van der Waals surface area contributed by atoms with Gasteiger partial charge in [0.25, 0.3) is 0 Å². The van der Waals surface area contributed by atoms with Crippen LogP contribution in [0.3, 0.4) is 0 Å². The van der Waals surface area contributed by atoms with Crippen molar-refractivity contribution < 1.29 is 32.2 Å². The van der Waals surface area contributed by atoms with E-state index in [1.807, 2.05) is 54.3 Å². The molecule has 0 spiro atoms. The monoisotopic (exact) mass is 614 g/mol. The number of fused-ring (bicyclic) bond motifs is 1. The maximum absolute atomic E-state index is 13.4. The largest absolute Gasteiger partial charge is 0.467 e. The van der Waals surface area contributed by atoms with Crippen LogP contribution in [0.15, 0.2) is 66.7 Å². The van der Waals surface area contributed by atoms with Crippen LogP contribution in [0.25, 0.3) is 11.1 Å². The van der Waals surface area contributed by atoms with Crippen molar-refractivity contribution in [2.45, 2.75) is 57.1 Å². The van der Waals surface area contributed by atoms with Gasteiger partial charge >= 0.3 is 18.2 Å². The summed E-state index contributed by atoms with van der Waals surface area (Å²) in [5.41, 5.74) is 5.12. The number of amides is 1. The summed E-state index contributed by atoms with van der Waals surface area (Å²) < 4.78 is 50.0. The number of thioether (sulfide) groups is 1.